The Morgan fingerprint density at radius 3 is 1.67 bits per heavy atom. The second-order valence-electron chi connectivity index (χ2n) is 12.6. The van der Waals surface area contributed by atoms with E-state index in [4.69, 9.17) is 9.47 Å². The number of nitrogens with zero attached hydrogens (tertiary/aromatic N) is 3. The van der Waals surface area contributed by atoms with Gasteiger partial charge in [0, 0.05) is 77.3 Å². The minimum Gasteiger partial charge on any atom is -0.452 e. The normalized spacial score (nSPS) is 13.3. The van der Waals surface area contributed by atoms with Gasteiger partial charge in [-0.2, -0.15) is 0 Å². The molecule has 1 aliphatic rings. The highest BCUT2D eigenvalue weighted by Crippen LogP contribution is 2.46. The Kier molecular flexibility index (Phi) is 6.40. The summed E-state index contributed by atoms with van der Waals surface area (Å²) in [6.45, 7) is 3.92. The molecule has 48 heavy (non-hydrogen) atoms. The van der Waals surface area contributed by atoms with Crippen molar-refractivity contribution in [1.82, 2.24) is 14.5 Å². The van der Waals surface area contributed by atoms with Crippen molar-refractivity contribution in [2.45, 2.75) is 19.6 Å². The van der Waals surface area contributed by atoms with Crippen LogP contribution in [0.15, 0.2) is 152 Å². The third-order valence-electron chi connectivity index (χ3n) is 9.04. The van der Waals surface area contributed by atoms with Gasteiger partial charge in [-0.3, -0.25) is 9.97 Å². The standard InChI is InChI=1S/C43H31N3O2/c1-43(2)47-41-18-16-34(46-39-13-5-3-11-35(39)36-12-4-6-14-40(36)46)25-38(41)37-17-15-28(24-42(37)48-43)31-21-32(29-9-7-19-44-26-29)23-33(22-31)30-10-8-20-45-27-30/h3-27H,1-2H3. The molecule has 0 saturated carbocycles. The van der Waals surface area contributed by atoms with Crippen LogP contribution in [0.1, 0.15) is 13.8 Å². The van der Waals surface area contributed by atoms with Gasteiger partial charge in [0.2, 0.25) is 5.79 Å². The molecule has 5 aromatic carbocycles. The van der Waals surface area contributed by atoms with Crippen LogP contribution in [0.3, 0.4) is 0 Å². The van der Waals surface area contributed by atoms with Crippen LogP contribution in [0.25, 0.3) is 72.0 Å². The summed E-state index contributed by atoms with van der Waals surface area (Å²) in [5.74, 6) is 0.671. The van der Waals surface area contributed by atoms with Gasteiger partial charge in [0.05, 0.1) is 11.0 Å². The fraction of sp³-hybridized carbons (Fsp3) is 0.0698. The smallest absolute Gasteiger partial charge is 0.245 e. The van der Waals surface area contributed by atoms with Crippen molar-refractivity contribution in [3.63, 3.8) is 0 Å². The molecule has 0 atom stereocenters. The molecule has 0 N–H and O–H groups in total. The molecule has 9 rings (SSSR count). The van der Waals surface area contributed by atoms with Crippen LogP contribution in [-0.2, 0) is 0 Å². The summed E-state index contributed by atoms with van der Waals surface area (Å²) >= 11 is 0. The number of para-hydroxylation sites is 2. The Morgan fingerprint density at radius 2 is 1.06 bits per heavy atom. The quantitative estimate of drug-likeness (QED) is 0.196. The van der Waals surface area contributed by atoms with Crippen molar-refractivity contribution in [1.29, 1.82) is 0 Å². The zero-order valence-electron chi connectivity index (χ0n) is 26.6. The predicted octanol–water partition coefficient (Wildman–Crippen LogP) is 10.7. The lowest BCUT2D eigenvalue weighted by molar-refractivity contribution is -0.0778. The fourth-order valence-corrected chi connectivity index (χ4v) is 6.91. The average Bonchev–Trinajstić information content (AvgIpc) is 3.40. The highest BCUT2D eigenvalue weighted by Gasteiger charge is 2.30. The van der Waals surface area contributed by atoms with E-state index in [9.17, 15) is 0 Å². The fourth-order valence-electron chi connectivity index (χ4n) is 6.91. The number of hydrogen-bond donors (Lipinski definition) is 0. The minimum atomic E-state index is -0.884. The summed E-state index contributed by atoms with van der Waals surface area (Å²) in [5.41, 5.74) is 11.8. The van der Waals surface area contributed by atoms with Crippen LogP contribution < -0.4 is 9.47 Å². The van der Waals surface area contributed by atoms with E-state index >= 15 is 0 Å². The Balaban J connectivity index is 1.21. The second-order valence-corrected chi connectivity index (χ2v) is 12.6. The van der Waals surface area contributed by atoms with Crippen molar-refractivity contribution < 1.29 is 9.47 Å². The largest absolute Gasteiger partial charge is 0.452 e. The minimum absolute atomic E-state index is 0.769. The molecule has 0 bridgehead atoms. The lowest BCUT2D eigenvalue weighted by Crippen LogP contribution is -2.34. The highest BCUT2D eigenvalue weighted by molar-refractivity contribution is 6.09. The van der Waals surface area contributed by atoms with Crippen molar-refractivity contribution in [2.75, 3.05) is 0 Å². The molecule has 4 heterocycles. The number of hydrogen-bond acceptors (Lipinski definition) is 4. The van der Waals surface area contributed by atoms with Crippen LogP contribution in [0.4, 0.5) is 0 Å². The third kappa shape index (κ3) is 4.79. The van der Waals surface area contributed by atoms with Crippen LogP contribution in [0, 0.1) is 0 Å². The summed E-state index contributed by atoms with van der Waals surface area (Å²) in [4.78, 5) is 8.76. The number of benzene rings is 5. The summed E-state index contributed by atoms with van der Waals surface area (Å²) in [6, 6.07) is 44.8. The summed E-state index contributed by atoms with van der Waals surface area (Å²) in [5, 5.41) is 2.46. The van der Waals surface area contributed by atoms with Crippen LogP contribution in [-0.4, -0.2) is 20.3 Å². The number of fused-ring (bicyclic) bond motifs is 6. The average molecular weight is 622 g/mol. The second kappa shape index (κ2) is 11.0. The van der Waals surface area contributed by atoms with Gasteiger partial charge in [0.25, 0.3) is 0 Å². The van der Waals surface area contributed by atoms with Gasteiger partial charge in [0.1, 0.15) is 11.5 Å². The van der Waals surface area contributed by atoms with Crippen molar-refractivity contribution in [3.8, 4) is 61.7 Å². The summed E-state index contributed by atoms with van der Waals surface area (Å²) in [6.07, 6.45) is 7.40. The van der Waals surface area contributed by atoms with Gasteiger partial charge in [-0.05, 0) is 95.1 Å². The van der Waals surface area contributed by atoms with E-state index in [1.54, 1.807) is 12.4 Å². The molecule has 1 aliphatic heterocycles. The van der Waals surface area contributed by atoms with Gasteiger partial charge in [-0.25, -0.2) is 0 Å². The molecular formula is C43H31N3O2. The zero-order chi connectivity index (χ0) is 32.2. The molecule has 0 fully saturated rings. The molecule has 8 aromatic rings. The number of rotatable bonds is 4. The highest BCUT2D eigenvalue weighted by atomic mass is 16.7. The van der Waals surface area contributed by atoms with Crippen molar-refractivity contribution in [3.05, 3.63) is 152 Å². The molecular weight excluding hydrogens is 590 g/mol. The molecule has 0 spiro atoms. The van der Waals surface area contributed by atoms with Gasteiger partial charge >= 0.3 is 0 Å². The number of pyridine rings is 2. The van der Waals surface area contributed by atoms with Crippen LogP contribution >= 0.6 is 0 Å². The Labute approximate surface area is 278 Å². The lowest BCUT2D eigenvalue weighted by atomic mass is 9.93. The van der Waals surface area contributed by atoms with Crippen LogP contribution in [0.5, 0.6) is 11.5 Å². The van der Waals surface area contributed by atoms with Gasteiger partial charge in [-0.15, -0.1) is 0 Å². The maximum atomic E-state index is 6.64. The molecule has 0 saturated heterocycles. The van der Waals surface area contributed by atoms with E-state index in [2.05, 4.69) is 130 Å². The number of aromatic nitrogens is 3. The van der Waals surface area contributed by atoms with Crippen molar-refractivity contribution in [2.24, 2.45) is 0 Å². The van der Waals surface area contributed by atoms with E-state index in [0.717, 1.165) is 61.7 Å². The first kappa shape index (κ1) is 28.1. The van der Waals surface area contributed by atoms with E-state index in [1.807, 2.05) is 38.4 Å². The molecule has 0 amide bonds. The Morgan fingerprint density at radius 1 is 0.479 bits per heavy atom. The molecule has 3 aromatic heterocycles. The van der Waals surface area contributed by atoms with Gasteiger partial charge < -0.3 is 14.0 Å². The topological polar surface area (TPSA) is 49.2 Å². The molecule has 0 unspecified atom stereocenters. The van der Waals surface area contributed by atoms with E-state index < -0.39 is 5.79 Å². The van der Waals surface area contributed by atoms with E-state index in [0.29, 0.717) is 0 Å². The SMILES string of the molecule is CC1(C)Oc2cc(-c3cc(-c4cccnc4)cc(-c4cccnc4)c3)ccc2-c2cc(-n3c4ccccc4c4ccccc43)ccc2O1. The Hall–Kier alpha value is -6.20. The van der Waals surface area contributed by atoms with Crippen molar-refractivity contribution >= 4 is 21.8 Å². The maximum Gasteiger partial charge on any atom is 0.245 e. The van der Waals surface area contributed by atoms with E-state index in [-0.39, 0.29) is 0 Å². The van der Waals surface area contributed by atoms with E-state index in [1.165, 1.54) is 21.8 Å². The Bertz CT molecular complexity index is 2370. The predicted molar refractivity (Wildman–Crippen MR) is 193 cm³/mol. The molecule has 5 heteroatoms. The molecule has 5 nitrogen and oxygen atoms in total. The van der Waals surface area contributed by atoms with Gasteiger partial charge in [-0.1, -0.05) is 54.6 Å². The third-order valence-corrected chi connectivity index (χ3v) is 9.04. The summed E-state index contributed by atoms with van der Waals surface area (Å²) < 4.78 is 15.5. The van der Waals surface area contributed by atoms with Gasteiger partial charge in [0.15, 0.2) is 0 Å². The maximum absolute atomic E-state index is 6.64. The summed E-state index contributed by atoms with van der Waals surface area (Å²) in [7, 11) is 0. The monoisotopic (exact) mass is 621 g/mol. The first-order valence-electron chi connectivity index (χ1n) is 16.1. The molecule has 230 valence electrons. The lowest BCUT2D eigenvalue weighted by Gasteiger charge is -2.26. The first-order valence-corrected chi connectivity index (χ1v) is 16.1. The van der Waals surface area contributed by atoms with Crippen LogP contribution in [0.2, 0.25) is 0 Å². The molecule has 0 radical (unpaired) electrons. The first-order chi connectivity index (χ1) is 23.5. The molecule has 0 aliphatic carbocycles. The number of ether oxygens (including phenoxy) is 2. The zero-order valence-corrected chi connectivity index (χ0v) is 26.6.